The summed E-state index contributed by atoms with van der Waals surface area (Å²) in [4.78, 5) is 14.8. The number of rotatable bonds is 3. The predicted octanol–water partition coefficient (Wildman–Crippen LogP) is -0.501. The van der Waals surface area contributed by atoms with Crippen molar-refractivity contribution in [3.05, 3.63) is 11.5 Å². The Bertz CT molecular complexity index is 247. The minimum Gasteiger partial charge on any atom is -0.461 e. The van der Waals surface area contributed by atoms with Crippen LogP contribution < -0.4 is 0 Å². The van der Waals surface area contributed by atoms with E-state index >= 15 is 0 Å². The highest BCUT2D eigenvalue weighted by Crippen LogP contribution is 2.03. The largest absolute Gasteiger partial charge is 0.461 e. The van der Waals surface area contributed by atoms with E-state index < -0.39 is 5.97 Å². The SMILES string of the molecule is CCOC(=O)C1=N[B]C(CO)=C1. The molecule has 4 nitrogen and oxygen atoms in total. The van der Waals surface area contributed by atoms with Crippen LogP contribution in [0.25, 0.3) is 0 Å². The van der Waals surface area contributed by atoms with Crippen LogP contribution in [0, 0.1) is 0 Å². The van der Waals surface area contributed by atoms with Gasteiger partial charge in [-0.1, -0.05) is 5.47 Å². The topological polar surface area (TPSA) is 58.9 Å². The summed E-state index contributed by atoms with van der Waals surface area (Å²) in [5.74, 6) is -0.447. The molecule has 0 bridgehead atoms. The van der Waals surface area contributed by atoms with Crippen LogP contribution in [0.1, 0.15) is 6.92 Å². The summed E-state index contributed by atoms with van der Waals surface area (Å²) in [5.41, 5.74) is 0.874. The zero-order chi connectivity index (χ0) is 8.97. The summed E-state index contributed by atoms with van der Waals surface area (Å²) in [6, 6.07) is 0. The second-order valence-corrected chi connectivity index (χ2v) is 2.24. The maximum absolute atomic E-state index is 11.0. The van der Waals surface area contributed by atoms with E-state index in [9.17, 15) is 4.79 Å². The third-order valence-electron chi connectivity index (χ3n) is 1.36. The first kappa shape index (κ1) is 9.00. The zero-order valence-electron chi connectivity index (χ0n) is 6.78. The molecule has 1 aliphatic rings. The second-order valence-electron chi connectivity index (χ2n) is 2.24. The monoisotopic (exact) mass is 166 g/mol. The summed E-state index contributed by atoms with van der Waals surface area (Å²) in [6.45, 7) is 1.96. The van der Waals surface area contributed by atoms with Crippen LogP contribution in [0.4, 0.5) is 0 Å². The zero-order valence-corrected chi connectivity index (χ0v) is 6.78. The van der Waals surface area contributed by atoms with Crippen LogP contribution in [0.2, 0.25) is 0 Å². The lowest BCUT2D eigenvalue weighted by Gasteiger charge is -1.97. The summed E-state index contributed by atoms with van der Waals surface area (Å²) >= 11 is 0. The van der Waals surface area contributed by atoms with Crippen molar-refractivity contribution in [2.45, 2.75) is 6.92 Å². The highest BCUT2D eigenvalue weighted by atomic mass is 16.5. The Balaban J connectivity index is 2.55. The number of ether oxygens (including phenoxy) is 1. The Morgan fingerprint density at radius 1 is 1.83 bits per heavy atom. The van der Waals surface area contributed by atoms with Crippen LogP contribution >= 0.6 is 0 Å². The van der Waals surface area contributed by atoms with Crippen molar-refractivity contribution in [3.8, 4) is 0 Å². The molecule has 0 aromatic heterocycles. The fourth-order valence-electron chi connectivity index (χ4n) is 0.806. The molecule has 0 spiro atoms. The lowest BCUT2D eigenvalue weighted by Crippen LogP contribution is -2.13. The third kappa shape index (κ3) is 1.95. The van der Waals surface area contributed by atoms with Crippen molar-refractivity contribution < 1.29 is 14.6 Å². The van der Waals surface area contributed by atoms with Gasteiger partial charge in [0, 0.05) is 0 Å². The fraction of sp³-hybridized carbons (Fsp3) is 0.429. The number of hydrogen-bond acceptors (Lipinski definition) is 4. The minimum absolute atomic E-state index is 0.105. The number of aliphatic hydroxyl groups is 1. The molecule has 1 rings (SSSR count). The summed E-state index contributed by atoms with van der Waals surface area (Å²) in [6.07, 6.45) is 1.51. The van der Waals surface area contributed by atoms with Gasteiger partial charge >= 0.3 is 13.4 Å². The fourth-order valence-corrected chi connectivity index (χ4v) is 0.806. The van der Waals surface area contributed by atoms with Gasteiger partial charge in [-0.3, -0.25) is 0 Å². The van der Waals surface area contributed by atoms with Crippen LogP contribution in [0.3, 0.4) is 0 Å². The molecule has 5 heteroatoms. The Labute approximate surface area is 71.2 Å². The molecule has 12 heavy (non-hydrogen) atoms. The van der Waals surface area contributed by atoms with Gasteiger partial charge < -0.3 is 14.7 Å². The van der Waals surface area contributed by atoms with Gasteiger partial charge in [-0.2, -0.15) is 0 Å². The number of aliphatic hydroxyl groups excluding tert-OH is 1. The molecule has 0 saturated carbocycles. The first-order valence-electron chi connectivity index (χ1n) is 3.67. The van der Waals surface area contributed by atoms with Crippen LogP contribution in [-0.4, -0.2) is 37.4 Å². The van der Waals surface area contributed by atoms with Gasteiger partial charge in [-0.05, 0) is 13.0 Å². The van der Waals surface area contributed by atoms with E-state index in [0.29, 0.717) is 12.1 Å². The van der Waals surface area contributed by atoms with Crippen LogP contribution in [0.15, 0.2) is 16.5 Å². The molecule has 1 aliphatic heterocycles. The van der Waals surface area contributed by atoms with Gasteiger partial charge in [0.1, 0.15) is 5.71 Å². The molecular weight excluding hydrogens is 157 g/mol. The lowest BCUT2D eigenvalue weighted by molar-refractivity contribution is -0.134. The Hall–Kier alpha value is -1.10. The number of esters is 1. The molecule has 1 N–H and O–H groups in total. The third-order valence-corrected chi connectivity index (χ3v) is 1.36. The highest BCUT2D eigenvalue weighted by Gasteiger charge is 2.16. The molecule has 0 fully saturated rings. The molecular formula is C7H9BNO3. The van der Waals surface area contributed by atoms with E-state index in [1.54, 1.807) is 6.92 Å². The quantitative estimate of drug-likeness (QED) is 0.454. The first-order chi connectivity index (χ1) is 5.77. The van der Waals surface area contributed by atoms with E-state index in [4.69, 9.17) is 9.84 Å². The maximum Gasteiger partial charge on any atom is 0.355 e. The van der Waals surface area contributed by atoms with Gasteiger partial charge in [0.25, 0.3) is 0 Å². The van der Waals surface area contributed by atoms with Crippen molar-refractivity contribution in [2.75, 3.05) is 13.2 Å². The summed E-state index contributed by atoms with van der Waals surface area (Å²) in [5, 5.41) is 8.67. The van der Waals surface area contributed by atoms with Crippen molar-refractivity contribution in [1.82, 2.24) is 0 Å². The lowest BCUT2D eigenvalue weighted by atomic mass is 9.86. The summed E-state index contributed by atoms with van der Waals surface area (Å²) in [7, 11) is 1.45. The van der Waals surface area contributed by atoms with Crippen LogP contribution in [0.5, 0.6) is 0 Å². The highest BCUT2D eigenvalue weighted by molar-refractivity contribution is 6.58. The molecule has 63 valence electrons. The van der Waals surface area contributed by atoms with E-state index in [2.05, 4.69) is 4.90 Å². The molecule has 0 unspecified atom stereocenters. The Morgan fingerprint density at radius 3 is 3.08 bits per heavy atom. The molecule has 0 aromatic rings. The summed E-state index contributed by atoms with van der Waals surface area (Å²) < 4.78 is 4.70. The average Bonchev–Trinajstić information content (AvgIpc) is 2.52. The van der Waals surface area contributed by atoms with Gasteiger partial charge in [-0.25, -0.2) is 4.79 Å². The van der Waals surface area contributed by atoms with Crippen molar-refractivity contribution in [1.29, 1.82) is 0 Å². The average molecular weight is 166 g/mol. The molecule has 0 amide bonds. The van der Waals surface area contributed by atoms with Crippen molar-refractivity contribution >= 4 is 19.1 Å². The first-order valence-corrected chi connectivity index (χ1v) is 3.67. The van der Waals surface area contributed by atoms with Crippen molar-refractivity contribution in [2.24, 2.45) is 4.90 Å². The molecule has 1 radical (unpaired) electrons. The molecule has 0 aliphatic carbocycles. The van der Waals surface area contributed by atoms with E-state index in [0.717, 1.165) is 0 Å². The second kappa shape index (κ2) is 4.06. The molecule has 1 heterocycles. The Morgan fingerprint density at radius 2 is 2.58 bits per heavy atom. The smallest absolute Gasteiger partial charge is 0.355 e. The number of nitrogens with zero attached hydrogens (tertiary/aromatic N) is 1. The Kier molecular flexibility index (Phi) is 3.05. The van der Waals surface area contributed by atoms with E-state index in [1.165, 1.54) is 13.5 Å². The molecule has 0 saturated heterocycles. The van der Waals surface area contributed by atoms with Gasteiger partial charge in [0.2, 0.25) is 0 Å². The van der Waals surface area contributed by atoms with Crippen LogP contribution in [-0.2, 0) is 9.53 Å². The van der Waals surface area contributed by atoms with E-state index in [1.807, 2.05) is 0 Å². The number of carbonyl (C=O) groups excluding carboxylic acids is 1. The minimum atomic E-state index is -0.447. The molecule has 0 aromatic carbocycles. The van der Waals surface area contributed by atoms with E-state index in [-0.39, 0.29) is 12.3 Å². The van der Waals surface area contributed by atoms with Gasteiger partial charge in [-0.15, -0.1) is 0 Å². The molecule has 0 atom stereocenters. The normalized spacial score (nSPS) is 14.8. The predicted molar refractivity (Wildman–Crippen MR) is 45.0 cm³/mol. The number of carbonyl (C=O) groups is 1. The standard InChI is InChI=1S/C7H9BNO3/c1-2-12-7(11)6-3-5(4-10)8-9-6/h3,10H,2,4H2,1H3. The van der Waals surface area contributed by atoms with Crippen molar-refractivity contribution in [3.63, 3.8) is 0 Å². The van der Waals surface area contributed by atoms with Gasteiger partial charge in [0.15, 0.2) is 0 Å². The number of hydrogen-bond donors (Lipinski definition) is 1. The van der Waals surface area contributed by atoms with Gasteiger partial charge in [0.05, 0.1) is 13.2 Å². The maximum atomic E-state index is 11.0.